The molecule has 0 saturated carbocycles. The minimum Gasteiger partial charge on any atom is -0.359 e. The smallest absolute Gasteiger partial charge is 0.282 e. The summed E-state index contributed by atoms with van der Waals surface area (Å²) in [6.07, 6.45) is 3.47. The molecule has 0 unspecified atom stereocenters. The molecule has 1 N–H and O–H groups in total. The fourth-order valence-corrected chi connectivity index (χ4v) is 2.53. The van der Waals surface area contributed by atoms with Crippen molar-refractivity contribution in [2.24, 2.45) is 0 Å². The van der Waals surface area contributed by atoms with Crippen LogP contribution in [0.1, 0.15) is 0 Å². The van der Waals surface area contributed by atoms with Crippen LogP contribution in [0, 0.1) is 0 Å². The Labute approximate surface area is 119 Å². The van der Waals surface area contributed by atoms with Gasteiger partial charge in [0.1, 0.15) is 5.52 Å². The molecule has 106 valence electrons. The van der Waals surface area contributed by atoms with E-state index in [2.05, 4.69) is 15.0 Å². The maximum Gasteiger partial charge on any atom is 0.282 e. The van der Waals surface area contributed by atoms with Crippen LogP contribution < -0.4 is 4.90 Å². The molecular weight excluding hydrogens is 274 g/mol. The minimum atomic E-state index is -2.57. The predicted molar refractivity (Wildman–Crippen MR) is 76.5 cm³/mol. The molecule has 0 atom stereocenters. The fraction of sp³-hybridized carbons (Fsp3) is 0.200. The molecule has 0 aliphatic carbocycles. The topological polar surface area (TPSA) is 44.8 Å². The van der Waals surface area contributed by atoms with E-state index in [0.717, 1.165) is 28.1 Å². The van der Waals surface area contributed by atoms with E-state index in [-0.39, 0.29) is 13.1 Å². The summed E-state index contributed by atoms with van der Waals surface area (Å²) in [4.78, 5) is 13.5. The largest absolute Gasteiger partial charge is 0.359 e. The SMILES string of the molecule is FC1(F)CN(c2cccc(-c3cnc4[nH]ccc4n3)c2)C1. The summed E-state index contributed by atoms with van der Waals surface area (Å²) in [5.74, 6) is -2.57. The molecule has 6 heteroatoms. The molecule has 1 aromatic carbocycles. The van der Waals surface area contributed by atoms with Gasteiger partial charge in [0.05, 0.1) is 25.0 Å². The van der Waals surface area contributed by atoms with Crippen molar-refractivity contribution in [1.29, 1.82) is 0 Å². The normalized spacial score (nSPS) is 17.0. The van der Waals surface area contributed by atoms with Crippen LogP contribution in [0.25, 0.3) is 22.4 Å². The Hall–Kier alpha value is -2.50. The van der Waals surface area contributed by atoms with Crippen molar-refractivity contribution in [3.8, 4) is 11.3 Å². The first-order valence-corrected chi connectivity index (χ1v) is 6.64. The van der Waals surface area contributed by atoms with Crippen molar-refractivity contribution >= 4 is 16.9 Å². The quantitative estimate of drug-likeness (QED) is 0.787. The van der Waals surface area contributed by atoms with Gasteiger partial charge in [0.25, 0.3) is 5.92 Å². The number of hydrogen-bond donors (Lipinski definition) is 1. The number of benzene rings is 1. The van der Waals surface area contributed by atoms with Crippen LogP contribution in [0.4, 0.5) is 14.5 Å². The first-order chi connectivity index (χ1) is 10.1. The monoisotopic (exact) mass is 286 g/mol. The number of H-pyrrole nitrogens is 1. The van der Waals surface area contributed by atoms with Gasteiger partial charge in [-0.15, -0.1) is 0 Å². The van der Waals surface area contributed by atoms with Crippen LogP contribution in [0.5, 0.6) is 0 Å². The van der Waals surface area contributed by atoms with E-state index in [4.69, 9.17) is 0 Å². The van der Waals surface area contributed by atoms with E-state index in [1.807, 2.05) is 30.3 Å². The van der Waals surface area contributed by atoms with E-state index in [1.165, 1.54) is 0 Å². The molecule has 1 aliphatic rings. The Morgan fingerprint density at radius 2 is 2.05 bits per heavy atom. The summed E-state index contributed by atoms with van der Waals surface area (Å²) in [6.45, 7) is -0.446. The van der Waals surface area contributed by atoms with Crippen molar-refractivity contribution in [2.75, 3.05) is 18.0 Å². The maximum atomic E-state index is 13.0. The number of fused-ring (bicyclic) bond motifs is 1. The van der Waals surface area contributed by atoms with Crippen molar-refractivity contribution in [2.45, 2.75) is 5.92 Å². The number of aromatic amines is 1. The Morgan fingerprint density at radius 3 is 2.86 bits per heavy atom. The number of alkyl halides is 2. The summed E-state index contributed by atoms with van der Waals surface area (Å²) in [5, 5.41) is 0. The maximum absolute atomic E-state index is 13.0. The number of anilines is 1. The van der Waals surface area contributed by atoms with Crippen LogP contribution in [-0.2, 0) is 0 Å². The summed E-state index contributed by atoms with van der Waals surface area (Å²) in [6, 6.07) is 9.32. The molecule has 0 bridgehead atoms. The third-order valence-electron chi connectivity index (χ3n) is 3.61. The van der Waals surface area contributed by atoms with Crippen molar-refractivity contribution in [1.82, 2.24) is 15.0 Å². The molecule has 1 fully saturated rings. The number of aromatic nitrogens is 3. The summed E-state index contributed by atoms with van der Waals surface area (Å²) in [7, 11) is 0. The zero-order valence-corrected chi connectivity index (χ0v) is 11.1. The average Bonchev–Trinajstić information content (AvgIpc) is 2.92. The fourth-order valence-electron chi connectivity index (χ4n) is 2.53. The average molecular weight is 286 g/mol. The van der Waals surface area contributed by atoms with E-state index >= 15 is 0 Å². The molecule has 1 saturated heterocycles. The lowest BCUT2D eigenvalue weighted by atomic mass is 10.1. The van der Waals surface area contributed by atoms with Crippen LogP contribution in [0.15, 0.2) is 42.7 Å². The zero-order chi connectivity index (χ0) is 14.4. The Balaban J connectivity index is 1.68. The van der Waals surface area contributed by atoms with Gasteiger partial charge in [-0.05, 0) is 18.2 Å². The van der Waals surface area contributed by atoms with Gasteiger partial charge in [-0.1, -0.05) is 12.1 Å². The van der Waals surface area contributed by atoms with Gasteiger partial charge in [0.2, 0.25) is 0 Å². The first-order valence-electron chi connectivity index (χ1n) is 6.64. The molecule has 1 aliphatic heterocycles. The van der Waals surface area contributed by atoms with Crippen molar-refractivity contribution < 1.29 is 8.78 Å². The Kier molecular flexibility index (Phi) is 2.48. The van der Waals surface area contributed by atoms with Gasteiger partial charge in [-0.3, -0.25) is 0 Å². The van der Waals surface area contributed by atoms with Crippen molar-refractivity contribution in [3.05, 3.63) is 42.7 Å². The third kappa shape index (κ3) is 2.12. The number of hydrogen-bond acceptors (Lipinski definition) is 3. The van der Waals surface area contributed by atoms with Gasteiger partial charge in [0, 0.05) is 17.4 Å². The Morgan fingerprint density at radius 1 is 1.19 bits per heavy atom. The molecule has 0 amide bonds. The first kappa shape index (κ1) is 12.3. The molecule has 4 rings (SSSR count). The van der Waals surface area contributed by atoms with Crippen LogP contribution >= 0.6 is 0 Å². The molecular formula is C15H12F2N4. The highest BCUT2D eigenvalue weighted by atomic mass is 19.3. The van der Waals surface area contributed by atoms with Crippen LogP contribution in [0.2, 0.25) is 0 Å². The highest BCUT2D eigenvalue weighted by molar-refractivity contribution is 5.75. The van der Waals surface area contributed by atoms with Gasteiger partial charge in [-0.2, -0.15) is 0 Å². The third-order valence-corrected chi connectivity index (χ3v) is 3.61. The summed E-state index contributed by atoms with van der Waals surface area (Å²) < 4.78 is 25.9. The van der Waals surface area contributed by atoms with E-state index in [9.17, 15) is 8.78 Å². The second kappa shape index (κ2) is 4.25. The molecule has 0 spiro atoms. The number of nitrogens with zero attached hydrogens (tertiary/aromatic N) is 3. The number of rotatable bonds is 2. The Bertz CT molecular complexity index is 804. The van der Waals surface area contributed by atoms with Gasteiger partial charge in [-0.25, -0.2) is 18.7 Å². The predicted octanol–water partition coefficient (Wildman–Crippen LogP) is 3.08. The lowest BCUT2D eigenvalue weighted by molar-refractivity contribution is -0.0262. The zero-order valence-electron chi connectivity index (χ0n) is 11.1. The van der Waals surface area contributed by atoms with Crippen LogP contribution in [0.3, 0.4) is 0 Å². The molecule has 2 aromatic heterocycles. The number of halogens is 2. The standard InChI is InChI=1S/C15H12F2N4/c16-15(17)8-21(9-15)11-3-1-2-10(6-11)13-7-19-14-12(20-13)4-5-18-14/h1-7H,8-9H2,(H,18,19). The molecule has 3 aromatic rings. The lowest BCUT2D eigenvalue weighted by Crippen LogP contribution is -2.56. The molecule has 21 heavy (non-hydrogen) atoms. The highest BCUT2D eigenvalue weighted by Gasteiger charge is 2.43. The molecule has 0 radical (unpaired) electrons. The minimum absolute atomic E-state index is 0.223. The van der Waals surface area contributed by atoms with Crippen molar-refractivity contribution in [3.63, 3.8) is 0 Å². The second-order valence-corrected chi connectivity index (χ2v) is 5.23. The van der Waals surface area contributed by atoms with E-state index in [0.29, 0.717) is 0 Å². The van der Waals surface area contributed by atoms with E-state index in [1.54, 1.807) is 17.3 Å². The van der Waals surface area contributed by atoms with Gasteiger partial charge in [0.15, 0.2) is 5.65 Å². The van der Waals surface area contributed by atoms with Gasteiger partial charge < -0.3 is 9.88 Å². The van der Waals surface area contributed by atoms with Gasteiger partial charge >= 0.3 is 0 Å². The highest BCUT2D eigenvalue weighted by Crippen LogP contribution is 2.33. The number of nitrogens with one attached hydrogen (secondary N) is 1. The lowest BCUT2D eigenvalue weighted by Gasteiger charge is -2.40. The summed E-state index contributed by atoms with van der Waals surface area (Å²) >= 11 is 0. The summed E-state index contributed by atoms with van der Waals surface area (Å²) in [5.41, 5.74) is 3.91. The molecule has 4 nitrogen and oxygen atoms in total. The van der Waals surface area contributed by atoms with E-state index < -0.39 is 5.92 Å². The van der Waals surface area contributed by atoms with Crippen LogP contribution in [-0.4, -0.2) is 34.0 Å². The molecule has 3 heterocycles. The second-order valence-electron chi connectivity index (χ2n) is 5.23.